The van der Waals surface area contributed by atoms with Gasteiger partial charge in [0.1, 0.15) is 6.17 Å². The van der Waals surface area contributed by atoms with Crippen LogP contribution in [0.5, 0.6) is 0 Å². The Morgan fingerprint density at radius 3 is 2.71 bits per heavy atom. The average Bonchev–Trinajstić information content (AvgIpc) is 2.84. The predicted octanol–water partition coefficient (Wildman–Crippen LogP) is 3.13. The van der Waals surface area contributed by atoms with Gasteiger partial charge in [-0.05, 0) is 24.0 Å². The number of rotatable bonds is 7. The van der Waals surface area contributed by atoms with Crippen molar-refractivity contribution in [1.82, 2.24) is 4.90 Å². The Kier molecular flexibility index (Phi) is 5.62. The van der Waals surface area contributed by atoms with Crippen LogP contribution in [0.15, 0.2) is 29.3 Å². The first-order chi connectivity index (χ1) is 10.2. The molecule has 0 aromatic heterocycles. The number of nitrogens with zero attached hydrogens (tertiary/aromatic N) is 2. The summed E-state index contributed by atoms with van der Waals surface area (Å²) >= 11 is 0. The maximum absolute atomic E-state index is 5.61. The van der Waals surface area contributed by atoms with Crippen LogP contribution in [0.25, 0.3) is 0 Å². The summed E-state index contributed by atoms with van der Waals surface area (Å²) in [7, 11) is 0. The van der Waals surface area contributed by atoms with Crippen molar-refractivity contribution in [2.45, 2.75) is 64.7 Å². The van der Waals surface area contributed by atoms with Gasteiger partial charge in [-0.1, -0.05) is 57.4 Å². The highest BCUT2D eigenvalue weighted by Gasteiger charge is 2.33. The molecule has 0 saturated heterocycles. The Balaban J connectivity index is 2.21. The second kappa shape index (κ2) is 7.46. The molecule has 1 aromatic carbocycles. The molecular weight excluding hydrogens is 260 g/mol. The van der Waals surface area contributed by atoms with E-state index in [0.29, 0.717) is 6.04 Å². The molecule has 1 aromatic rings. The van der Waals surface area contributed by atoms with Crippen LogP contribution in [0.2, 0.25) is 0 Å². The Bertz CT molecular complexity index is 479. The van der Waals surface area contributed by atoms with Crippen molar-refractivity contribution >= 4 is 5.96 Å². The highest BCUT2D eigenvalue weighted by Crippen LogP contribution is 2.39. The van der Waals surface area contributed by atoms with Gasteiger partial charge in [0.15, 0.2) is 5.96 Å². The number of hydrogen-bond donors (Lipinski definition) is 2. The fourth-order valence-electron chi connectivity index (χ4n) is 3.28. The van der Waals surface area contributed by atoms with Crippen LogP contribution in [0.4, 0.5) is 0 Å². The van der Waals surface area contributed by atoms with Crippen LogP contribution < -0.4 is 11.5 Å². The number of benzene rings is 1. The summed E-state index contributed by atoms with van der Waals surface area (Å²) in [5.41, 5.74) is 14.1. The first kappa shape index (κ1) is 15.8. The minimum atomic E-state index is 0.0778. The van der Waals surface area contributed by atoms with E-state index in [2.05, 4.69) is 48.0 Å². The summed E-state index contributed by atoms with van der Waals surface area (Å²) in [5.74, 6) is 0.185. The van der Waals surface area contributed by atoms with Crippen molar-refractivity contribution in [2.24, 2.45) is 16.5 Å². The Hall–Kier alpha value is -1.55. The minimum Gasteiger partial charge on any atom is -0.370 e. The van der Waals surface area contributed by atoms with Gasteiger partial charge in [0, 0.05) is 12.6 Å². The van der Waals surface area contributed by atoms with Gasteiger partial charge in [-0.3, -0.25) is 4.90 Å². The van der Waals surface area contributed by atoms with E-state index in [4.69, 9.17) is 11.5 Å². The third-order valence-electron chi connectivity index (χ3n) is 4.29. The van der Waals surface area contributed by atoms with Crippen LogP contribution >= 0.6 is 0 Å². The smallest absolute Gasteiger partial charge is 0.187 e. The number of guanidine groups is 1. The molecule has 4 heteroatoms. The standard InChI is InChI=1S/C17H28N4/c1-3-5-6-11-15-14-10-8-7-9-13(14)12-21(15)16(4-2)20-17(18)19/h7-10,15-16H,3-6,11-12H2,1-2H3,(H4,18,19,20). The minimum absolute atomic E-state index is 0.0778. The quantitative estimate of drug-likeness (QED) is 0.460. The maximum atomic E-state index is 5.61. The predicted molar refractivity (Wildman–Crippen MR) is 88.8 cm³/mol. The number of unbranched alkanes of at least 4 members (excludes halogenated alkanes) is 2. The third-order valence-corrected chi connectivity index (χ3v) is 4.29. The van der Waals surface area contributed by atoms with Crippen LogP contribution in [-0.2, 0) is 6.54 Å². The molecule has 4 N–H and O–H groups in total. The number of aliphatic imine (C=N–C) groups is 1. The van der Waals surface area contributed by atoms with Gasteiger partial charge in [0.05, 0.1) is 0 Å². The molecule has 0 saturated carbocycles. The van der Waals surface area contributed by atoms with Gasteiger partial charge >= 0.3 is 0 Å². The Morgan fingerprint density at radius 1 is 1.29 bits per heavy atom. The molecule has 0 aliphatic carbocycles. The second-order valence-corrected chi connectivity index (χ2v) is 5.83. The SMILES string of the molecule is CCCCCC1c2ccccc2CN1C(CC)N=C(N)N. The molecule has 0 spiro atoms. The van der Waals surface area contributed by atoms with Gasteiger partial charge in [0.2, 0.25) is 0 Å². The molecule has 2 unspecified atom stereocenters. The van der Waals surface area contributed by atoms with Crippen LogP contribution in [-0.4, -0.2) is 17.0 Å². The fraction of sp³-hybridized carbons (Fsp3) is 0.588. The summed E-state index contributed by atoms with van der Waals surface area (Å²) < 4.78 is 0. The molecule has 4 nitrogen and oxygen atoms in total. The lowest BCUT2D eigenvalue weighted by Crippen LogP contribution is -2.36. The van der Waals surface area contributed by atoms with Crippen molar-refractivity contribution in [3.8, 4) is 0 Å². The van der Waals surface area contributed by atoms with Crippen molar-refractivity contribution in [1.29, 1.82) is 0 Å². The van der Waals surface area contributed by atoms with E-state index >= 15 is 0 Å². The lowest BCUT2D eigenvalue weighted by molar-refractivity contribution is 0.137. The Labute approximate surface area is 128 Å². The zero-order chi connectivity index (χ0) is 15.2. The zero-order valence-electron chi connectivity index (χ0n) is 13.3. The van der Waals surface area contributed by atoms with Gasteiger partial charge in [-0.25, -0.2) is 4.99 Å². The molecule has 1 aliphatic rings. The lowest BCUT2D eigenvalue weighted by Gasteiger charge is -2.30. The highest BCUT2D eigenvalue weighted by atomic mass is 15.3. The topological polar surface area (TPSA) is 67.6 Å². The second-order valence-electron chi connectivity index (χ2n) is 5.83. The fourth-order valence-corrected chi connectivity index (χ4v) is 3.28. The molecular formula is C17H28N4. The van der Waals surface area contributed by atoms with E-state index in [1.54, 1.807) is 0 Å². The first-order valence-corrected chi connectivity index (χ1v) is 8.09. The molecule has 116 valence electrons. The van der Waals surface area contributed by atoms with Gasteiger partial charge in [-0.2, -0.15) is 0 Å². The number of nitrogens with two attached hydrogens (primary N) is 2. The summed E-state index contributed by atoms with van der Waals surface area (Å²) in [6, 6.07) is 9.18. The molecule has 0 bridgehead atoms. The van der Waals surface area contributed by atoms with Crippen molar-refractivity contribution < 1.29 is 0 Å². The van der Waals surface area contributed by atoms with Crippen molar-refractivity contribution in [2.75, 3.05) is 0 Å². The molecule has 21 heavy (non-hydrogen) atoms. The number of hydrogen-bond acceptors (Lipinski definition) is 2. The van der Waals surface area contributed by atoms with E-state index in [0.717, 1.165) is 13.0 Å². The monoisotopic (exact) mass is 288 g/mol. The van der Waals surface area contributed by atoms with E-state index in [1.807, 2.05) is 0 Å². The summed E-state index contributed by atoms with van der Waals surface area (Å²) in [6.45, 7) is 5.33. The highest BCUT2D eigenvalue weighted by molar-refractivity contribution is 5.75. The third kappa shape index (κ3) is 3.76. The van der Waals surface area contributed by atoms with Crippen LogP contribution in [0.1, 0.15) is 63.1 Å². The van der Waals surface area contributed by atoms with Crippen molar-refractivity contribution in [3.63, 3.8) is 0 Å². The van der Waals surface area contributed by atoms with Crippen LogP contribution in [0, 0.1) is 0 Å². The lowest BCUT2D eigenvalue weighted by atomic mass is 9.99. The summed E-state index contributed by atoms with van der Waals surface area (Å²) in [5, 5.41) is 0. The molecule has 0 radical (unpaired) electrons. The molecule has 0 amide bonds. The van der Waals surface area contributed by atoms with E-state index in [1.165, 1.54) is 36.8 Å². The average molecular weight is 288 g/mol. The molecule has 2 rings (SSSR count). The number of fused-ring (bicyclic) bond motifs is 1. The van der Waals surface area contributed by atoms with Gasteiger partial charge < -0.3 is 11.5 Å². The van der Waals surface area contributed by atoms with E-state index < -0.39 is 0 Å². The van der Waals surface area contributed by atoms with E-state index in [-0.39, 0.29) is 12.1 Å². The molecule has 0 fully saturated rings. The van der Waals surface area contributed by atoms with Gasteiger partial charge in [-0.15, -0.1) is 0 Å². The normalized spacial score (nSPS) is 19.2. The largest absolute Gasteiger partial charge is 0.370 e. The molecule has 2 atom stereocenters. The maximum Gasteiger partial charge on any atom is 0.187 e. The van der Waals surface area contributed by atoms with Crippen LogP contribution in [0.3, 0.4) is 0 Å². The van der Waals surface area contributed by atoms with Gasteiger partial charge in [0.25, 0.3) is 0 Å². The summed E-state index contributed by atoms with van der Waals surface area (Å²) in [6.07, 6.45) is 5.97. The molecule has 1 aliphatic heterocycles. The van der Waals surface area contributed by atoms with E-state index in [9.17, 15) is 0 Å². The summed E-state index contributed by atoms with van der Waals surface area (Å²) in [4.78, 5) is 6.90. The molecule has 1 heterocycles. The Morgan fingerprint density at radius 2 is 2.05 bits per heavy atom. The first-order valence-electron chi connectivity index (χ1n) is 8.09. The van der Waals surface area contributed by atoms with Crippen molar-refractivity contribution in [3.05, 3.63) is 35.4 Å². The zero-order valence-corrected chi connectivity index (χ0v) is 13.3.